The fourth-order valence-corrected chi connectivity index (χ4v) is 4.22. The van der Waals surface area contributed by atoms with E-state index in [2.05, 4.69) is 14.8 Å². The minimum atomic E-state index is -3.59. The Kier molecular flexibility index (Phi) is 8.68. The molecule has 0 bridgehead atoms. The summed E-state index contributed by atoms with van der Waals surface area (Å²) in [5.41, 5.74) is 0.356. The van der Waals surface area contributed by atoms with Crippen LogP contribution in [0.15, 0.2) is 29.2 Å². The molecule has 0 heterocycles. The Bertz CT molecular complexity index is 686. The summed E-state index contributed by atoms with van der Waals surface area (Å²) in [5, 5.41) is 3.11. The van der Waals surface area contributed by atoms with Crippen LogP contribution in [0.1, 0.15) is 33.1 Å². The summed E-state index contributed by atoms with van der Waals surface area (Å²) in [6.45, 7) is 5.65. The van der Waals surface area contributed by atoms with Gasteiger partial charge in [-0.3, -0.25) is 4.72 Å². The van der Waals surface area contributed by atoms with E-state index in [4.69, 9.17) is 0 Å². The third kappa shape index (κ3) is 7.61. The number of rotatable bonds is 12. The molecule has 3 N–H and O–H groups in total. The first-order chi connectivity index (χ1) is 11.3. The largest absolute Gasteiger partial charge is 0.315 e. The number of unbranched alkanes of at least 4 members (excludes halogenated alkanes) is 1. The molecule has 0 atom stereocenters. The lowest BCUT2D eigenvalue weighted by Crippen LogP contribution is -2.32. The van der Waals surface area contributed by atoms with E-state index in [0.29, 0.717) is 25.2 Å². The van der Waals surface area contributed by atoms with Crippen LogP contribution in [0.3, 0.4) is 0 Å². The summed E-state index contributed by atoms with van der Waals surface area (Å²) < 4.78 is 52.8. The SMILES string of the molecule is CCCCS(=O)(=O)Nc1ccc(S(=O)(=O)NCCNCCC)cc1. The van der Waals surface area contributed by atoms with Crippen LogP contribution in [0.5, 0.6) is 0 Å². The lowest BCUT2D eigenvalue weighted by molar-refractivity contribution is 0.575. The van der Waals surface area contributed by atoms with E-state index in [1.165, 1.54) is 24.3 Å². The van der Waals surface area contributed by atoms with Gasteiger partial charge in [0.1, 0.15) is 0 Å². The van der Waals surface area contributed by atoms with E-state index >= 15 is 0 Å². The van der Waals surface area contributed by atoms with Crippen molar-refractivity contribution in [2.75, 3.05) is 30.1 Å². The van der Waals surface area contributed by atoms with Crippen molar-refractivity contribution >= 4 is 25.7 Å². The smallest absolute Gasteiger partial charge is 0.240 e. The monoisotopic (exact) mass is 377 g/mol. The highest BCUT2D eigenvalue weighted by Gasteiger charge is 2.14. The molecule has 0 spiro atoms. The maximum absolute atomic E-state index is 12.1. The second kappa shape index (κ2) is 9.97. The third-order valence-corrected chi connectivity index (χ3v) is 6.07. The van der Waals surface area contributed by atoms with Crippen LogP contribution in [0.25, 0.3) is 0 Å². The fourth-order valence-electron chi connectivity index (χ4n) is 1.93. The quantitative estimate of drug-likeness (QED) is 0.479. The van der Waals surface area contributed by atoms with Crippen LogP contribution in [-0.2, 0) is 20.0 Å². The van der Waals surface area contributed by atoms with Gasteiger partial charge in [0.25, 0.3) is 0 Å². The van der Waals surface area contributed by atoms with Gasteiger partial charge >= 0.3 is 0 Å². The van der Waals surface area contributed by atoms with E-state index in [0.717, 1.165) is 19.4 Å². The summed E-state index contributed by atoms with van der Waals surface area (Å²) >= 11 is 0. The predicted octanol–water partition coefficient (Wildman–Crippen LogP) is 1.51. The molecule has 1 rings (SSSR count). The molecule has 0 aliphatic carbocycles. The zero-order valence-corrected chi connectivity index (χ0v) is 15.8. The molecule has 0 aliphatic rings. The molecule has 24 heavy (non-hydrogen) atoms. The topological polar surface area (TPSA) is 104 Å². The average Bonchev–Trinajstić information content (AvgIpc) is 2.53. The molecule has 0 amide bonds. The standard InChI is InChI=1S/C15H27N3O4S2/c1-3-5-13-23(19,20)18-14-6-8-15(9-7-14)24(21,22)17-12-11-16-10-4-2/h6-9,16-18H,3-5,10-13H2,1-2H3. The zero-order chi connectivity index (χ0) is 18.1. The summed E-state index contributed by atoms with van der Waals surface area (Å²) in [6, 6.07) is 5.68. The molecular formula is C15H27N3O4S2. The van der Waals surface area contributed by atoms with E-state index in [1.54, 1.807) is 0 Å². The lowest BCUT2D eigenvalue weighted by Gasteiger charge is -2.10. The molecule has 0 aromatic heterocycles. The molecule has 0 saturated heterocycles. The summed E-state index contributed by atoms with van der Waals surface area (Å²) in [4.78, 5) is 0.106. The Labute approximate surface area is 145 Å². The van der Waals surface area contributed by atoms with Gasteiger partial charge in [-0.1, -0.05) is 20.3 Å². The van der Waals surface area contributed by atoms with Gasteiger partial charge in [-0.25, -0.2) is 21.6 Å². The first-order valence-electron chi connectivity index (χ1n) is 8.11. The minimum absolute atomic E-state index is 0.0515. The summed E-state index contributed by atoms with van der Waals surface area (Å²) in [6.07, 6.45) is 2.36. The molecule has 0 radical (unpaired) electrons. The highest BCUT2D eigenvalue weighted by molar-refractivity contribution is 7.92. The molecule has 0 saturated carbocycles. The van der Waals surface area contributed by atoms with Crippen molar-refractivity contribution in [2.45, 2.75) is 38.0 Å². The summed E-state index contributed by atoms with van der Waals surface area (Å²) in [5.74, 6) is 0.0515. The maximum Gasteiger partial charge on any atom is 0.240 e. The minimum Gasteiger partial charge on any atom is -0.315 e. The van der Waals surface area contributed by atoms with Crippen LogP contribution in [0.2, 0.25) is 0 Å². The van der Waals surface area contributed by atoms with Crippen molar-refractivity contribution < 1.29 is 16.8 Å². The van der Waals surface area contributed by atoms with Gasteiger partial charge in [0.2, 0.25) is 20.0 Å². The van der Waals surface area contributed by atoms with E-state index < -0.39 is 20.0 Å². The number of benzene rings is 1. The van der Waals surface area contributed by atoms with Gasteiger partial charge < -0.3 is 5.32 Å². The second-order valence-corrected chi connectivity index (χ2v) is 9.06. The molecule has 1 aromatic rings. The van der Waals surface area contributed by atoms with Crippen LogP contribution >= 0.6 is 0 Å². The molecule has 0 fully saturated rings. The van der Waals surface area contributed by atoms with E-state index in [-0.39, 0.29) is 10.6 Å². The second-order valence-electron chi connectivity index (χ2n) is 5.45. The van der Waals surface area contributed by atoms with Crippen molar-refractivity contribution in [2.24, 2.45) is 0 Å². The zero-order valence-electron chi connectivity index (χ0n) is 14.2. The van der Waals surface area contributed by atoms with Gasteiger partial charge in [-0.15, -0.1) is 0 Å². The predicted molar refractivity (Wildman–Crippen MR) is 97.1 cm³/mol. The van der Waals surface area contributed by atoms with Gasteiger partial charge in [-0.05, 0) is 43.7 Å². The van der Waals surface area contributed by atoms with Gasteiger partial charge in [-0.2, -0.15) is 0 Å². The Balaban J connectivity index is 2.62. The third-order valence-electron chi connectivity index (χ3n) is 3.23. The number of hydrogen-bond donors (Lipinski definition) is 3. The van der Waals surface area contributed by atoms with E-state index in [9.17, 15) is 16.8 Å². The van der Waals surface area contributed by atoms with Gasteiger partial charge in [0.15, 0.2) is 0 Å². The highest BCUT2D eigenvalue weighted by atomic mass is 32.2. The van der Waals surface area contributed by atoms with Crippen LogP contribution in [-0.4, -0.2) is 42.2 Å². The highest BCUT2D eigenvalue weighted by Crippen LogP contribution is 2.15. The average molecular weight is 378 g/mol. The fraction of sp³-hybridized carbons (Fsp3) is 0.600. The molecule has 0 unspecified atom stereocenters. The Morgan fingerprint density at radius 1 is 0.875 bits per heavy atom. The lowest BCUT2D eigenvalue weighted by atomic mass is 10.3. The van der Waals surface area contributed by atoms with Crippen LogP contribution < -0.4 is 14.8 Å². The van der Waals surface area contributed by atoms with Crippen molar-refractivity contribution in [1.29, 1.82) is 0 Å². The van der Waals surface area contributed by atoms with Crippen molar-refractivity contribution in [3.63, 3.8) is 0 Å². The van der Waals surface area contributed by atoms with Crippen molar-refractivity contribution in [1.82, 2.24) is 10.0 Å². The molecule has 1 aromatic carbocycles. The van der Waals surface area contributed by atoms with Crippen LogP contribution in [0.4, 0.5) is 5.69 Å². The van der Waals surface area contributed by atoms with Gasteiger partial charge in [0.05, 0.1) is 10.6 Å². The Hall–Kier alpha value is -1.16. The van der Waals surface area contributed by atoms with Gasteiger partial charge in [0, 0.05) is 18.8 Å². The maximum atomic E-state index is 12.1. The molecule has 7 nitrogen and oxygen atoms in total. The molecule has 138 valence electrons. The molecule has 0 aliphatic heterocycles. The number of nitrogens with one attached hydrogen (secondary N) is 3. The Morgan fingerprint density at radius 2 is 1.54 bits per heavy atom. The van der Waals surface area contributed by atoms with E-state index in [1.807, 2.05) is 13.8 Å². The van der Waals surface area contributed by atoms with Crippen molar-refractivity contribution in [3.8, 4) is 0 Å². The number of anilines is 1. The molecular weight excluding hydrogens is 350 g/mol. The first-order valence-corrected chi connectivity index (χ1v) is 11.2. The molecule has 9 heteroatoms. The summed E-state index contributed by atoms with van der Waals surface area (Å²) in [7, 11) is -6.98. The number of hydrogen-bond acceptors (Lipinski definition) is 5. The first kappa shape index (κ1) is 20.9. The normalized spacial score (nSPS) is 12.2. The Morgan fingerprint density at radius 3 is 2.12 bits per heavy atom. The van der Waals surface area contributed by atoms with Crippen molar-refractivity contribution in [3.05, 3.63) is 24.3 Å². The number of sulfonamides is 2. The van der Waals surface area contributed by atoms with Crippen LogP contribution in [0, 0.1) is 0 Å².